The van der Waals surface area contributed by atoms with Crippen molar-refractivity contribution in [2.24, 2.45) is 0 Å². The van der Waals surface area contributed by atoms with E-state index in [4.69, 9.17) is 9.84 Å². The first-order chi connectivity index (χ1) is 14.5. The maximum absolute atomic E-state index is 13.1. The van der Waals surface area contributed by atoms with Gasteiger partial charge in [-0.2, -0.15) is 0 Å². The Morgan fingerprint density at radius 1 is 1.10 bits per heavy atom. The first kappa shape index (κ1) is 21.3. The number of fused-ring (bicyclic) bond motifs is 1. The molecule has 2 N–H and O–H groups in total. The van der Waals surface area contributed by atoms with Gasteiger partial charge in [0.2, 0.25) is 0 Å². The second-order valence-corrected chi connectivity index (χ2v) is 7.13. The Morgan fingerprint density at radius 3 is 2.53 bits per heavy atom. The van der Waals surface area contributed by atoms with Crippen molar-refractivity contribution >= 4 is 11.7 Å². The van der Waals surface area contributed by atoms with Crippen molar-refractivity contribution in [3.8, 4) is 11.5 Å². The van der Waals surface area contributed by atoms with Crippen LogP contribution in [0.2, 0.25) is 0 Å². The summed E-state index contributed by atoms with van der Waals surface area (Å²) in [6, 6.07) is 12.3. The van der Waals surface area contributed by atoms with E-state index in [0.29, 0.717) is 5.69 Å². The zero-order valence-corrected chi connectivity index (χ0v) is 17.1. The quantitative estimate of drug-likeness (QED) is 0.586. The molecule has 0 unspecified atom stereocenters. The van der Waals surface area contributed by atoms with E-state index >= 15 is 0 Å². The molecular weight excluding hydrogens is 383 g/mol. The molecule has 2 aromatic carbocycles. The predicted octanol–water partition coefficient (Wildman–Crippen LogP) is 5.63. The lowest BCUT2D eigenvalue weighted by molar-refractivity contribution is 0.0698. The van der Waals surface area contributed by atoms with Crippen molar-refractivity contribution in [1.29, 1.82) is 0 Å². The maximum atomic E-state index is 13.1. The molecule has 3 aromatic rings. The third-order valence-electron chi connectivity index (χ3n) is 5.01. The molecular formula is C24H25FN2O3. The van der Waals surface area contributed by atoms with Gasteiger partial charge in [-0.15, -0.1) is 0 Å². The molecule has 0 amide bonds. The number of carbonyl (C=O) groups is 1. The molecule has 0 aliphatic heterocycles. The van der Waals surface area contributed by atoms with E-state index in [9.17, 15) is 9.18 Å². The molecule has 0 bridgehead atoms. The van der Waals surface area contributed by atoms with Gasteiger partial charge in [0.25, 0.3) is 0 Å². The number of anilines is 1. The van der Waals surface area contributed by atoms with Crippen LogP contribution in [0.5, 0.6) is 11.5 Å². The zero-order chi connectivity index (χ0) is 21.5. The van der Waals surface area contributed by atoms with Crippen LogP contribution in [0.4, 0.5) is 10.1 Å². The number of aromatic nitrogens is 1. The molecule has 5 nitrogen and oxygen atoms in total. The number of carboxylic acid groups (broad SMARTS) is 1. The molecule has 1 aliphatic rings. The summed E-state index contributed by atoms with van der Waals surface area (Å²) in [5.74, 6) is 0.388. The van der Waals surface area contributed by atoms with Crippen molar-refractivity contribution in [3.05, 3.63) is 82.9 Å². The Hall–Kier alpha value is -3.41. The Morgan fingerprint density at radius 2 is 1.87 bits per heavy atom. The molecule has 6 heteroatoms. The van der Waals surface area contributed by atoms with Crippen LogP contribution in [0.3, 0.4) is 0 Å². The lowest BCUT2D eigenvalue weighted by Gasteiger charge is -2.17. The minimum Gasteiger partial charge on any atom is -0.478 e. The molecule has 0 saturated carbocycles. The highest BCUT2D eigenvalue weighted by Crippen LogP contribution is 2.30. The van der Waals surface area contributed by atoms with Crippen LogP contribution in [0, 0.1) is 12.7 Å². The van der Waals surface area contributed by atoms with Crippen molar-refractivity contribution in [1.82, 2.24) is 4.98 Å². The monoisotopic (exact) mass is 408 g/mol. The van der Waals surface area contributed by atoms with Crippen LogP contribution in [-0.2, 0) is 12.8 Å². The minimum atomic E-state index is -0.947. The summed E-state index contributed by atoms with van der Waals surface area (Å²) in [6.07, 6.45) is 7.77. The van der Waals surface area contributed by atoms with E-state index in [1.807, 2.05) is 13.0 Å². The minimum absolute atomic E-state index is 0.227. The van der Waals surface area contributed by atoms with Gasteiger partial charge in [0, 0.05) is 13.2 Å². The molecule has 0 saturated heterocycles. The summed E-state index contributed by atoms with van der Waals surface area (Å²) in [5.41, 5.74) is 4.41. The summed E-state index contributed by atoms with van der Waals surface area (Å²) in [4.78, 5) is 14.3. The SMILES string of the molecule is CNc1cnccc1C(=O)O.Cc1cc(F)ccc1Oc1ccc2c(c1)CCCC2. The Balaban J connectivity index is 0.000000199. The van der Waals surface area contributed by atoms with Crippen molar-refractivity contribution in [3.63, 3.8) is 0 Å². The first-order valence-corrected chi connectivity index (χ1v) is 9.89. The van der Waals surface area contributed by atoms with E-state index in [1.165, 1.54) is 61.0 Å². The Bertz CT molecular complexity index is 1040. The highest BCUT2D eigenvalue weighted by molar-refractivity contribution is 5.93. The largest absolute Gasteiger partial charge is 0.478 e. The topological polar surface area (TPSA) is 71.5 Å². The molecule has 0 spiro atoms. The van der Waals surface area contributed by atoms with Crippen molar-refractivity contribution < 1.29 is 19.0 Å². The number of halogens is 1. The number of ether oxygens (including phenoxy) is 1. The highest BCUT2D eigenvalue weighted by Gasteiger charge is 2.11. The van der Waals surface area contributed by atoms with E-state index in [0.717, 1.165) is 23.5 Å². The van der Waals surface area contributed by atoms with Crippen LogP contribution in [-0.4, -0.2) is 23.1 Å². The second-order valence-electron chi connectivity index (χ2n) is 7.13. The first-order valence-electron chi connectivity index (χ1n) is 9.89. The second kappa shape index (κ2) is 9.87. The molecule has 156 valence electrons. The highest BCUT2D eigenvalue weighted by atomic mass is 19.1. The van der Waals surface area contributed by atoms with Gasteiger partial charge < -0.3 is 15.2 Å². The van der Waals surface area contributed by atoms with Crippen molar-refractivity contribution in [2.75, 3.05) is 12.4 Å². The lowest BCUT2D eigenvalue weighted by Crippen LogP contribution is -2.02. The summed E-state index contributed by atoms with van der Waals surface area (Å²) in [5, 5.41) is 11.4. The van der Waals surface area contributed by atoms with Crippen LogP contribution in [0.1, 0.15) is 39.9 Å². The molecule has 0 fully saturated rings. The average molecular weight is 408 g/mol. The van der Waals surface area contributed by atoms with Gasteiger partial charge in [-0.3, -0.25) is 4.98 Å². The lowest BCUT2D eigenvalue weighted by atomic mass is 9.92. The number of aromatic carboxylic acids is 1. The normalized spacial score (nSPS) is 12.2. The maximum Gasteiger partial charge on any atom is 0.337 e. The van der Waals surface area contributed by atoms with Gasteiger partial charge in [-0.05, 0) is 85.7 Å². The molecule has 1 heterocycles. The third kappa shape index (κ3) is 5.35. The number of benzene rings is 2. The number of aryl methyl sites for hydroxylation is 3. The van der Waals surface area contributed by atoms with Crippen LogP contribution >= 0.6 is 0 Å². The van der Waals surface area contributed by atoms with Gasteiger partial charge in [-0.1, -0.05) is 6.07 Å². The van der Waals surface area contributed by atoms with Crippen LogP contribution in [0.25, 0.3) is 0 Å². The molecule has 30 heavy (non-hydrogen) atoms. The Kier molecular flexibility index (Phi) is 7.01. The van der Waals surface area contributed by atoms with Gasteiger partial charge in [0.05, 0.1) is 17.4 Å². The number of carboxylic acids is 1. The number of pyridine rings is 1. The smallest absolute Gasteiger partial charge is 0.337 e. The molecule has 4 rings (SSSR count). The number of rotatable bonds is 4. The molecule has 0 atom stereocenters. The van der Waals surface area contributed by atoms with Gasteiger partial charge in [0.15, 0.2) is 0 Å². The number of nitrogens with one attached hydrogen (secondary N) is 1. The van der Waals surface area contributed by atoms with E-state index in [1.54, 1.807) is 13.1 Å². The van der Waals surface area contributed by atoms with Gasteiger partial charge in [0.1, 0.15) is 17.3 Å². The standard InChI is InChI=1S/C17H17FO.C7H8N2O2/c1-12-10-15(18)7-9-17(12)19-16-8-6-13-4-2-3-5-14(13)11-16;1-8-6-4-9-3-2-5(6)7(10)11/h6-11H,2-5H2,1H3;2-4,8H,1H3,(H,10,11). The number of hydrogen-bond acceptors (Lipinski definition) is 4. The van der Waals surface area contributed by atoms with Crippen LogP contribution in [0.15, 0.2) is 54.9 Å². The van der Waals surface area contributed by atoms with E-state index < -0.39 is 5.97 Å². The number of nitrogens with zero attached hydrogens (tertiary/aromatic N) is 1. The summed E-state index contributed by atoms with van der Waals surface area (Å²) in [7, 11) is 1.66. The van der Waals surface area contributed by atoms with Crippen LogP contribution < -0.4 is 10.1 Å². The number of hydrogen-bond donors (Lipinski definition) is 2. The Labute approximate surface area is 175 Å². The molecule has 0 radical (unpaired) electrons. The summed E-state index contributed by atoms with van der Waals surface area (Å²) in [6.45, 7) is 1.86. The van der Waals surface area contributed by atoms with E-state index in [2.05, 4.69) is 22.4 Å². The van der Waals surface area contributed by atoms with Gasteiger partial charge >= 0.3 is 5.97 Å². The fraction of sp³-hybridized carbons (Fsp3) is 0.250. The zero-order valence-electron chi connectivity index (χ0n) is 17.1. The van der Waals surface area contributed by atoms with Gasteiger partial charge in [-0.25, -0.2) is 9.18 Å². The summed E-state index contributed by atoms with van der Waals surface area (Å²) >= 11 is 0. The third-order valence-corrected chi connectivity index (χ3v) is 5.01. The molecule has 1 aromatic heterocycles. The van der Waals surface area contributed by atoms with E-state index in [-0.39, 0.29) is 11.4 Å². The fourth-order valence-corrected chi connectivity index (χ4v) is 3.41. The van der Waals surface area contributed by atoms with Crippen molar-refractivity contribution in [2.45, 2.75) is 32.6 Å². The average Bonchev–Trinajstić information content (AvgIpc) is 2.76. The molecule has 1 aliphatic carbocycles. The predicted molar refractivity (Wildman–Crippen MR) is 115 cm³/mol. The fourth-order valence-electron chi connectivity index (χ4n) is 3.41. The summed E-state index contributed by atoms with van der Waals surface area (Å²) < 4.78 is 18.9.